The number of anilines is 1. The minimum absolute atomic E-state index is 0.0542. The standard InChI is InChI=1S/C45H56N10O10S2/c1-26-19-34(56)41(63)31(53(26)4)22-47-37(59)11-15-45(16-12-38(60)48-23-32-42(64)35(57)20-27(2)54(32)5,17-13-39(61)49-24-33-43(65)36(58)21-28(3)55(33)6)52-40(62)14-18-46-44(67)51-30-9-7-29(8-10-30)50-25-66/h7-10,19-21,63-65H,11-18,22-24H2,1-6H3,(H,47,59)(H,48,60)(H,49,61)(H,52,62)(H2,46,51,67). The SMILES string of the molecule is Cc1cc(=O)c(O)c(CNC(=O)CCC(CCC(=O)NCc2c(O)c(=O)cc(C)n2C)(CCC(=O)NCc2c(O)c(=O)cc(C)n2C)NC(=O)CCNC(=S)Nc2ccc(N=C=S)cc2)n1C. The van der Waals surface area contributed by atoms with Crippen LogP contribution in [0.25, 0.3) is 0 Å². The lowest BCUT2D eigenvalue weighted by atomic mass is 9.83. The number of carbonyl (C=O) groups excluding carboxylic acids is 4. The Hall–Kier alpha value is -7.16. The fraction of sp³-hybridized carbons (Fsp3) is 0.400. The minimum Gasteiger partial charge on any atom is -0.503 e. The van der Waals surface area contributed by atoms with E-state index < -0.39 is 62.7 Å². The molecule has 0 unspecified atom stereocenters. The summed E-state index contributed by atoms with van der Waals surface area (Å²) in [6.07, 6.45) is -1.17. The summed E-state index contributed by atoms with van der Waals surface area (Å²) in [5.74, 6) is -3.69. The van der Waals surface area contributed by atoms with Crippen molar-refractivity contribution in [1.82, 2.24) is 40.3 Å². The van der Waals surface area contributed by atoms with Gasteiger partial charge in [0, 0.05) is 99.9 Å². The number of isothiocyanates is 1. The molecule has 0 spiro atoms. The summed E-state index contributed by atoms with van der Waals surface area (Å²) >= 11 is 10.1. The average molecular weight is 961 g/mol. The number of nitrogens with zero attached hydrogens (tertiary/aromatic N) is 4. The fourth-order valence-corrected chi connectivity index (χ4v) is 7.47. The minimum atomic E-state index is -1.40. The Kier molecular flexibility index (Phi) is 18.7. The molecule has 3 aromatic heterocycles. The Morgan fingerprint density at radius 1 is 0.612 bits per heavy atom. The van der Waals surface area contributed by atoms with Gasteiger partial charge in [0.1, 0.15) is 0 Å². The number of aromatic hydroxyl groups is 3. The van der Waals surface area contributed by atoms with Gasteiger partial charge < -0.3 is 60.9 Å². The van der Waals surface area contributed by atoms with Crippen molar-refractivity contribution in [1.29, 1.82) is 0 Å². The largest absolute Gasteiger partial charge is 0.503 e. The molecule has 4 rings (SSSR count). The van der Waals surface area contributed by atoms with Crippen LogP contribution in [0.4, 0.5) is 11.4 Å². The topological polar surface area (TPSA) is 280 Å². The first kappa shape index (κ1) is 52.5. The number of thiocarbonyl (C=S) groups is 2. The third-order valence-corrected chi connectivity index (χ3v) is 11.9. The third-order valence-electron chi connectivity index (χ3n) is 11.5. The summed E-state index contributed by atoms with van der Waals surface area (Å²) in [5, 5.41) is 51.0. The van der Waals surface area contributed by atoms with Crippen molar-refractivity contribution in [3.63, 3.8) is 0 Å². The van der Waals surface area contributed by atoms with Gasteiger partial charge in [0.05, 0.1) is 47.6 Å². The van der Waals surface area contributed by atoms with Gasteiger partial charge in [0.25, 0.3) is 0 Å². The highest BCUT2D eigenvalue weighted by Crippen LogP contribution is 2.27. The normalized spacial score (nSPS) is 11.0. The van der Waals surface area contributed by atoms with Gasteiger partial charge in [-0.25, -0.2) is 0 Å². The van der Waals surface area contributed by atoms with Crippen LogP contribution in [0.2, 0.25) is 0 Å². The van der Waals surface area contributed by atoms with Crippen molar-refractivity contribution in [2.24, 2.45) is 26.1 Å². The molecule has 0 aliphatic heterocycles. The molecule has 67 heavy (non-hydrogen) atoms. The maximum absolute atomic E-state index is 13.9. The average Bonchev–Trinajstić information content (AvgIpc) is 3.28. The molecule has 0 saturated heterocycles. The van der Waals surface area contributed by atoms with Gasteiger partial charge in [-0.1, -0.05) is 0 Å². The first-order valence-corrected chi connectivity index (χ1v) is 22.0. The van der Waals surface area contributed by atoms with Crippen LogP contribution in [0.15, 0.2) is 61.8 Å². The van der Waals surface area contributed by atoms with Crippen LogP contribution >= 0.6 is 24.4 Å². The Bertz CT molecular complexity index is 2540. The quantitative estimate of drug-likeness (QED) is 0.0429. The summed E-state index contributed by atoms with van der Waals surface area (Å²) in [6.45, 7) is 4.42. The van der Waals surface area contributed by atoms with Crippen molar-refractivity contribution < 1.29 is 34.5 Å². The second-order valence-electron chi connectivity index (χ2n) is 16.1. The van der Waals surface area contributed by atoms with Crippen molar-refractivity contribution in [3.8, 4) is 17.2 Å². The number of aliphatic imine (C=N–C) groups is 1. The Morgan fingerprint density at radius 2 is 0.985 bits per heavy atom. The number of hydrogen-bond acceptors (Lipinski definition) is 13. The molecule has 3 heterocycles. The first-order valence-electron chi connectivity index (χ1n) is 21.1. The van der Waals surface area contributed by atoms with Crippen LogP contribution in [0.5, 0.6) is 17.2 Å². The van der Waals surface area contributed by atoms with Gasteiger partial charge in [-0.15, -0.1) is 0 Å². The van der Waals surface area contributed by atoms with Gasteiger partial charge in [0.15, 0.2) is 22.4 Å². The number of hydrogen-bond donors (Lipinski definition) is 9. The number of amides is 4. The smallest absolute Gasteiger partial charge is 0.223 e. The molecule has 0 aliphatic rings. The highest BCUT2D eigenvalue weighted by Gasteiger charge is 2.34. The zero-order valence-electron chi connectivity index (χ0n) is 38.1. The van der Waals surface area contributed by atoms with Crippen LogP contribution in [-0.4, -0.2) is 75.0 Å². The number of aromatic nitrogens is 3. The van der Waals surface area contributed by atoms with E-state index >= 15 is 0 Å². The number of aryl methyl sites for hydroxylation is 3. The van der Waals surface area contributed by atoms with Crippen molar-refractivity contribution in [2.75, 3.05) is 11.9 Å². The van der Waals surface area contributed by atoms with Crippen LogP contribution in [0.1, 0.15) is 79.1 Å². The van der Waals surface area contributed by atoms with E-state index in [9.17, 15) is 48.9 Å². The molecular weight excluding hydrogens is 905 g/mol. The molecular formula is C45H56N10O10S2. The summed E-state index contributed by atoms with van der Waals surface area (Å²) < 4.78 is 4.68. The van der Waals surface area contributed by atoms with Gasteiger partial charge in [-0.2, -0.15) is 4.99 Å². The summed E-state index contributed by atoms with van der Waals surface area (Å²) in [4.78, 5) is 95.3. The molecule has 0 bridgehead atoms. The van der Waals surface area contributed by atoms with Gasteiger partial charge in [0.2, 0.25) is 39.9 Å². The lowest BCUT2D eigenvalue weighted by molar-refractivity contribution is -0.127. The molecule has 9 N–H and O–H groups in total. The van der Waals surface area contributed by atoms with Gasteiger partial charge in [-0.3, -0.25) is 33.6 Å². The van der Waals surface area contributed by atoms with Crippen LogP contribution in [-0.2, 0) is 60.0 Å². The van der Waals surface area contributed by atoms with E-state index in [1.165, 1.54) is 18.2 Å². The Balaban J connectivity index is 1.58. The molecule has 0 saturated carbocycles. The number of nitrogens with one attached hydrogen (secondary N) is 6. The van der Waals surface area contributed by atoms with Crippen molar-refractivity contribution >= 4 is 69.7 Å². The monoisotopic (exact) mass is 960 g/mol. The fourth-order valence-electron chi connectivity index (χ4n) is 7.14. The molecule has 0 aliphatic carbocycles. The van der Waals surface area contributed by atoms with Gasteiger partial charge >= 0.3 is 0 Å². The van der Waals surface area contributed by atoms with Gasteiger partial charge in [-0.05, 0) is 88.7 Å². The predicted molar refractivity (Wildman–Crippen MR) is 258 cm³/mol. The number of rotatable bonds is 21. The molecule has 1 aromatic carbocycles. The van der Waals surface area contributed by atoms with Crippen molar-refractivity contribution in [2.45, 2.75) is 90.9 Å². The molecule has 20 nitrogen and oxygen atoms in total. The highest BCUT2D eigenvalue weighted by atomic mass is 32.1. The lowest BCUT2D eigenvalue weighted by Crippen LogP contribution is -2.51. The zero-order valence-corrected chi connectivity index (χ0v) is 39.8. The van der Waals surface area contributed by atoms with Crippen LogP contribution in [0.3, 0.4) is 0 Å². The number of benzene rings is 1. The third kappa shape index (κ3) is 14.7. The van der Waals surface area contributed by atoms with Crippen molar-refractivity contribution in [3.05, 3.63) is 107 Å². The van der Waals surface area contributed by atoms with E-state index in [1.807, 2.05) is 0 Å². The van der Waals surface area contributed by atoms with E-state index in [4.69, 9.17) is 12.2 Å². The van der Waals surface area contributed by atoms with Crippen LogP contribution in [0, 0.1) is 20.8 Å². The molecule has 22 heteroatoms. The Morgan fingerprint density at radius 3 is 1.34 bits per heavy atom. The van der Waals surface area contributed by atoms with Crippen LogP contribution < -0.4 is 48.2 Å². The molecule has 0 atom stereocenters. The predicted octanol–water partition coefficient (Wildman–Crippen LogP) is 2.38. The maximum atomic E-state index is 13.9. The van der Waals surface area contributed by atoms with E-state index in [0.29, 0.717) is 28.5 Å². The number of pyridine rings is 3. The van der Waals surface area contributed by atoms with E-state index in [2.05, 4.69) is 54.3 Å². The molecule has 0 radical (unpaired) electrons. The first-order chi connectivity index (χ1) is 31.6. The van der Waals surface area contributed by atoms with E-state index in [1.54, 1.807) is 79.9 Å². The number of carbonyl (C=O) groups is 4. The summed E-state index contributed by atoms with van der Waals surface area (Å²) in [7, 11) is 4.88. The molecule has 4 aromatic rings. The zero-order chi connectivity index (χ0) is 49.6. The van der Waals surface area contributed by atoms with E-state index in [0.717, 1.165) is 0 Å². The molecule has 4 amide bonds. The molecule has 0 fully saturated rings. The molecule has 358 valence electrons. The maximum Gasteiger partial charge on any atom is 0.223 e. The summed E-state index contributed by atoms with van der Waals surface area (Å²) in [5.41, 5.74) is 0.116. The lowest BCUT2D eigenvalue weighted by Gasteiger charge is -2.35. The summed E-state index contributed by atoms with van der Waals surface area (Å²) in [6, 6.07) is 10.6. The highest BCUT2D eigenvalue weighted by molar-refractivity contribution is 7.80. The van der Waals surface area contributed by atoms with E-state index in [-0.39, 0.29) is 93.3 Å². The Labute approximate surface area is 396 Å². The second kappa shape index (κ2) is 23.9. The second-order valence-corrected chi connectivity index (χ2v) is 16.6.